The molecule has 0 aliphatic carbocycles. The average Bonchev–Trinajstić information content (AvgIpc) is 2.72. The Morgan fingerprint density at radius 1 is 1.56 bits per heavy atom. The molecule has 2 N–H and O–H groups in total. The number of aliphatic hydroxyl groups excluding tert-OH is 1. The van der Waals surface area contributed by atoms with Crippen LogP contribution in [0.4, 0.5) is 5.82 Å². The normalized spacial score (nSPS) is 12.9. The molecule has 0 fully saturated rings. The Bertz CT molecular complexity index is 453. The minimum atomic E-state index is -0.251. The summed E-state index contributed by atoms with van der Waals surface area (Å²) >= 11 is 0. The maximum atomic E-state index is 9.12. The van der Waals surface area contributed by atoms with Gasteiger partial charge in [-0.25, -0.2) is 4.98 Å². The zero-order valence-electron chi connectivity index (χ0n) is 9.17. The fourth-order valence-electron chi connectivity index (χ4n) is 1.49. The van der Waals surface area contributed by atoms with Crippen LogP contribution in [0, 0.1) is 0 Å². The summed E-state index contributed by atoms with van der Waals surface area (Å²) in [7, 11) is 0. The molecule has 86 valence electrons. The summed E-state index contributed by atoms with van der Waals surface area (Å²) in [5.41, 5.74) is 0.722. The molecule has 0 aliphatic heterocycles. The molecular formula is C10H15N5O. The van der Waals surface area contributed by atoms with Crippen molar-refractivity contribution in [2.75, 3.05) is 11.9 Å². The standard InChI is InChI=1S/C10H15N5O/c1-8(16)3-2-4-11-9-10-14-13-7-15(10)6-5-12-9/h5-8,16H,2-4H2,1H3,(H,11,12). The van der Waals surface area contributed by atoms with Crippen LogP contribution in [0.25, 0.3) is 5.65 Å². The molecule has 16 heavy (non-hydrogen) atoms. The Balaban J connectivity index is 1.96. The van der Waals surface area contributed by atoms with Gasteiger partial charge in [0, 0.05) is 18.9 Å². The number of aliphatic hydroxyl groups is 1. The van der Waals surface area contributed by atoms with E-state index in [1.54, 1.807) is 25.6 Å². The monoisotopic (exact) mass is 221 g/mol. The van der Waals surface area contributed by atoms with Gasteiger partial charge in [0.05, 0.1) is 6.10 Å². The fraction of sp³-hybridized carbons (Fsp3) is 0.500. The second-order valence-electron chi connectivity index (χ2n) is 3.76. The molecule has 6 nitrogen and oxygen atoms in total. The lowest BCUT2D eigenvalue weighted by atomic mass is 10.2. The molecule has 0 spiro atoms. The van der Waals surface area contributed by atoms with Crippen LogP contribution >= 0.6 is 0 Å². The Morgan fingerprint density at radius 2 is 2.44 bits per heavy atom. The van der Waals surface area contributed by atoms with Gasteiger partial charge < -0.3 is 10.4 Å². The quantitative estimate of drug-likeness (QED) is 0.727. The highest BCUT2D eigenvalue weighted by molar-refractivity contribution is 5.61. The summed E-state index contributed by atoms with van der Waals surface area (Å²) in [5.74, 6) is 0.727. The second kappa shape index (κ2) is 4.89. The van der Waals surface area contributed by atoms with E-state index in [0.29, 0.717) is 0 Å². The number of fused-ring (bicyclic) bond motifs is 1. The van der Waals surface area contributed by atoms with Gasteiger partial charge in [-0.05, 0) is 19.8 Å². The zero-order valence-corrected chi connectivity index (χ0v) is 9.17. The van der Waals surface area contributed by atoms with Crippen LogP contribution in [-0.4, -0.2) is 37.3 Å². The van der Waals surface area contributed by atoms with Crippen LogP contribution in [-0.2, 0) is 0 Å². The number of anilines is 1. The van der Waals surface area contributed by atoms with Crippen molar-refractivity contribution in [3.63, 3.8) is 0 Å². The lowest BCUT2D eigenvalue weighted by molar-refractivity contribution is 0.183. The van der Waals surface area contributed by atoms with E-state index in [9.17, 15) is 0 Å². The minimum Gasteiger partial charge on any atom is -0.393 e. The molecule has 6 heteroatoms. The highest BCUT2D eigenvalue weighted by Gasteiger charge is 2.03. The predicted molar refractivity (Wildman–Crippen MR) is 60.2 cm³/mol. The Morgan fingerprint density at radius 3 is 3.25 bits per heavy atom. The molecule has 0 saturated carbocycles. The zero-order chi connectivity index (χ0) is 11.4. The number of hydrogen-bond acceptors (Lipinski definition) is 5. The number of rotatable bonds is 5. The van der Waals surface area contributed by atoms with E-state index in [1.165, 1.54) is 0 Å². The number of nitrogens with zero attached hydrogens (tertiary/aromatic N) is 4. The second-order valence-corrected chi connectivity index (χ2v) is 3.76. The van der Waals surface area contributed by atoms with Gasteiger partial charge in [0.2, 0.25) is 5.65 Å². The molecule has 2 aromatic heterocycles. The van der Waals surface area contributed by atoms with Gasteiger partial charge in [-0.3, -0.25) is 4.40 Å². The molecule has 0 amide bonds. The molecule has 2 rings (SSSR count). The van der Waals surface area contributed by atoms with Crippen molar-refractivity contribution in [1.29, 1.82) is 0 Å². The summed E-state index contributed by atoms with van der Waals surface area (Å²) in [6, 6.07) is 0. The highest BCUT2D eigenvalue weighted by Crippen LogP contribution is 2.09. The van der Waals surface area contributed by atoms with Crippen molar-refractivity contribution < 1.29 is 5.11 Å². The van der Waals surface area contributed by atoms with Crippen LogP contribution in [0.3, 0.4) is 0 Å². The lowest BCUT2D eigenvalue weighted by Gasteiger charge is -2.06. The van der Waals surface area contributed by atoms with Crippen molar-refractivity contribution in [3.8, 4) is 0 Å². The lowest BCUT2D eigenvalue weighted by Crippen LogP contribution is -2.08. The molecule has 0 aromatic carbocycles. The number of nitrogens with one attached hydrogen (secondary N) is 1. The largest absolute Gasteiger partial charge is 0.393 e. The van der Waals surface area contributed by atoms with E-state index in [1.807, 2.05) is 4.40 Å². The highest BCUT2D eigenvalue weighted by atomic mass is 16.3. The van der Waals surface area contributed by atoms with E-state index in [2.05, 4.69) is 20.5 Å². The van der Waals surface area contributed by atoms with Crippen molar-refractivity contribution in [1.82, 2.24) is 19.6 Å². The molecule has 0 radical (unpaired) electrons. The van der Waals surface area contributed by atoms with Gasteiger partial charge in [-0.2, -0.15) is 0 Å². The Hall–Kier alpha value is -1.69. The van der Waals surface area contributed by atoms with E-state index in [0.717, 1.165) is 30.9 Å². The number of hydrogen-bond donors (Lipinski definition) is 2. The molecule has 0 bridgehead atoms. The Kier molecular flexibility index (Phi) is 3.31. The van der Waals surface area contributed by atoms with Crippen LogP contribution in [0.5, 0.6) is 0 Å². The molecule has 1 atom stereocenters. The maximum absolute atomic E-state index is 9.12. The molecule has 2 heterocycles. The molecule has 0 aliphatic rings. The molecule has 1 unspecified atom stereocenters. The predicted octanol–water partition coefficient (Wildman–Crippen LogP) is 0.697. The van der Waals surface area contributed by atoms with E-state index < -0.39 is 0 Å². The van der Waals surface area contributed by atoms with Crippen LogP contribution in [0.2, 0.25) is 0 Å². The van der Waals surface area contributed by atoms with Crippen molar-refractivity contribution in [2.45, 2.75) is 25.9 Å². The summed E-state index contributed by atoms with van der Waals surface area (Å²) < 4.78 is 1.81. The van der Waals surface area contributed by atoms with E-state index >= 15 is 0 Å². The van der Waals surface area contributed by atoms with Gasteiger partial charge in [0.1, 0.15) is 6.33 Å². The van der Waals surface area contributed by atoms with Crippen molar-refractivity contribution >= 4 is 11.5 Å². The van der Waals surface area contributed by atoms with Gasteiger partial charge in [0.15, 0.2) is 5.82 Å². The maximum Gasteiger partial charge on any atom is 0.203 e. The summed E-state index contributed by atoms with van der Waals surface area (Å²) in [4.78, 5) is 4.20. The Labute approximate surface area is 93.3 Å². The van der Waals surface area contributed by atoms with Crippen molar-refractivity contribution in [2.24, 2.45) is 0 Å². The third-order valence-corrected chi connectivity index (χ3v) is 2.31. The summed E-state index contributed by atoms with van der Waals surface area (Å²) in [5, 5.41) is 20.1. The van der Waals surface area contributed by atoms with E-state index in [-0.39, 0.29) is 6.10 Å². The van der Waals surface area contributed by atoms with E-state index in [4.69, 9.17) is 5.11 Å². The van der Waals surface area contributed by atoms with Gasteiger partial charge in [0.25, 0.3) is 0 Å². The first-order chi connectivity index (χ1) is 7.77. The SMILES string of the molecule is CC(O)CCCNc1nccn2cnnc12. The first-order valence-electron chi connectivity index (χ1n) is 5.33. The summed E-state index contributed by atoms with van der Waals surface area (Å²) in [6.07, 6.45) is 6.57. The first kappa shape index (κ1) is 10.8. The van der Waals surface area contributed by atoms with Crippen LogP contribution in [0.15, 0.2) is 18.7 Å². The fourth-order valence-corrected chi connectivity index (χ4v) is 1.49. The minimum absolute atomic E-state index is 0.251. The summed E-state index contributed by atoms with van der Waals surface area (Å²) in [6.45, 7) is 2.56. The topological polar surface area (TPSA) is 75.3 Å². The third kappa shape index (κ3) is 2.46. The van der Waals surface area contributed by atoms with Crippen LogP contribution < -0.4 is 5.32 Å². The first-order valence-corrected chi connectivity index (χ1v) is 5.33. The smallest absolute Gasteiger partial charge is 0.203 e. The molecule has 2 aromatic rings. The van der Waals surface area contributed by atoms with Crippen molar-refractivity contribution in [3.05, 3.63) is 18.7 Å². The van der Waals surface area contributed by atoms with Gasteiger partial charge >= 0.3 is 0 Å². The molecule has 0 saturated heterocycles. The third-order valence-electron chi connectivity index (χ3n) is 2.31. The molecular weight excluding hydrogens is 206 g/mol. The van der Waals surface area contributed by atoms with Gasteiger partial charge in [-0.1, -0.05) is 0 Å². The number of aromatic nitrogens is 4. The van der Waals surface area contributed by atoms with Crippen LogP contribution in [0.1, 0.15) is 19.8 Å². The average molecular weight is 221 g/mol. The van der Waals surface area contributed by atoms with Gasteiger partial charge in [-0.15, -0.1) is 10.2 Å².